The third-order valence-electron chi connectivity index (χ3n) is 4.67. The molecule has 30 heavy (non-hydrogen) atoms. The lowest BCUT2D eigenvalue weighted by Gasteiger charge is -2.04. The summed E-state index contributed by atoms with van der Waals surface area (Å²) in [6.07, 6.45) is 1.57. The van der Waals surface area contributed by atoms with Gasteiger partial charge >= 0.3 is 0 Å². The summed E-state index contributed by atoms with van der Waals surface area (Å²) in [5.41, 5.74) is 3.27. The molecule has 0 amide bonds. The van der Waals surface area contributed by atoms with Crippen molar-refractivity contribution < 1.29 is 9.26 Å². The highest BCUT2D eigenvalue weighted by atomic mass is 32.2. The number of nitrogens with zero attached hydrogens (tertiary/aromatic N) is 5. The molecule has 8 nitrogen and oxygen atoms in total. The van der Waals surface area contributed by atoms with Crippen LogP contribution in [0.3, 0.4) is 0 Å². The number of hydrogen-bond acceptors (Lipinski definition) is 8. The number of benzene rings is 2. The molecule has 4 aromatic rings. The lowest BCUT2D eigenvalue weighted by molar-refractivity contribution is 0.391. The highest BCUT2D eigenvalue weighted by Crippen LogP contribution is 2.23. The molecular weight excluding hydrogens is 400 g/mol. The molecule has 2 heterocycles. The van der Waals surface area contributed by atoms with E-state index in [9.17, 15) is 0 Å². The molecule has 4 rings (SSSR count). The monoisotopic (exact) mass is 422 g/mol. The van der Waals surface area contributed by atoms with Crippen LogP contribution in [-0.2, 0) is 18.6 Å². The average molecular weight is 423 g/mol. The summed E-state index contributed by atoms with van der Waals surface area (Å²) in [7, 11) is 1.64. The topological polar surface area (TPSA) is 105 Å². The van der Waals surface area contributed by atoms with Gasteiger partial charge in [0, 0.05) is 12.0 Å². The number of ether oxygens (including phenoxy) is 1. The van der Waals surface area contributed by atoms with Gasteiger partial charge in [0.05, 0.1) is 12.9 Å². The van der Waals surface area contributed by atoms with Crippen molar-refractivity contribution in [1.82, 2.24) is 25.0 Å². The molecular formula is C21H22N6O2S. The quantitative estimate of drug-likeness (QED) is 0.340. The van der Waals surface area contributed by atoms with E-state index in [1.807, 2.05) is 36.4 Å². The number of aryl methyl sites for hydroxylation is 1. The second-order valence-corrected chi connectivity index (χ2v) is 7.59. The van der Waals surface area contributed by atoms with Crippen LogP contribution in [0.2, 0.25) is 0 Å². The Morgan fingerprint density at radius 2 is 1.77 bits per heavy atom. The lowest BCUT2D eigenvalue weighted by Crippen LogP contribution is -2.14. The minimum Gasteiger partial charge on any atom is -0.497 e. The summed E-state index contributed by atoms with van der Waals surface area (Å²) in [6, 6.07) is 15.9. The highest BCUT2D eigenvalue weighted by Gasteiger charge is 2.14. The van der Waals surface area contributed by atoms with Crippen LogP contribution in [0.1, 0.15) is 29.8 Å². The van der Waals surface area contributed by atoms with E-state index in [0.29, 0.717) is 34.9 Å². The third-order valence-corrected chi connectivity index (χ3v) is 5.60. The van der Waals surface area contributed by atoms with Crippen LogP contribution in [0.4, 0.5) is 0 Å². The van der Waals surface area contributed by atoms with E-state index >= 15 is 0 Å². The standard InChI is InChI=1S/C21H22N6O2S/c1-3-14-4-8-16(9-5-14)20-23-19(29-26-20)13-30-21-25-24-18(27(21)22)12-15-6-10-17(28-2)11-7-15/h4-11H,3,12-13,22H2,1-2H3. The molecule has 2 aromatic carbocycles. The molecule has 0 radical (unpaired) electrons. The van der Waals surface area contributed by atoms with Gasteiger partial charge in [-0.15, -0.1) is 10.2 Å². The maximum absolute atomic E-state index is 6.17. The number of rotatable bonds is 8. The fraction of sp³-hybridized carbons (Fsp3) is 0.238. The van der Waals surface area contributed by atoms with E-state index in [4.69, 9.17) is 15.1 Å². The van der Waals surface area contributed by atoms with Crippen LogP contribution in [0.25, 0.3) is 11.4 Å². The summed E-state index contributed by atoms with van der Waals surface area (Å²) in [4.78, 5) is 4.46. The molecule has 0 aliphatic heterocycles. The van der Waals surface area contributed by atoms with Crippen molar-refractivity contribution in [3.63, 3.8) is 0 Å². The normalized spacial score (nSPS) is 11.0. The largest absolute Gasteiger partial charge is 0.497 e. The summed E-state index contributed by atoms with van der Waals surface area (Å²) in [5.74, 6) is 9.19. The number of aromatic nitrogens is 5. The van der Waals surface area contributed by atoms with Gasteiger partial charge in [0.25, 0.3) is 0 Å². The van der Waals surface area contributed by atoms with Crippen LogP contribution in [0, 0.1) is 0 Å². The fourth-order valence-corrected chi connectivity index (χ4v) is 3.61. The molecule has 0 fully saturated rings. The molecule has 154 valence electrons. The molecule has 0 aliphatic carbocycles. The van der Waals surface area contributed by atoms with Gasteiger partial charge in [0.1, 0.15) is 5.75 Å². The zero-order valence-corrected chi connectivity index (χ0v) is 17.6. The first-order chi connectivity index (χ1) is 14.7. The van der Waals surface area contributed by atoms with Crippen molar-refractivity contribution in [3.05, 3.63) is 71.4 Å². The third kappa shape index (κ3) is 4.46. The van der Waals surface area contributed by atoms with Crippen LogP contribution in [-0.4, -0.2) is 32.1 Å². The summed E-state index contributed by atoms with van der Waals surface area (Å²) < 4.78 is 12.0. The van der Waals surface area contributed by atoms with E-state index in [2.05, 4.69) is 39.4 Å². The second kappa shape index (κ2) is 9.00. The number of nitrogen functional groups attached to an aromatic ring is 1. The number of methoxy groups -OCH3 is 1. The van der Waals surface area contributed by atoms with Gasteiger partial charge in [-0.25, -0.2) is 4.68 Å². The van der Waals surface area contributed by atoms with Crippen molar-refractivity contribution in [3.8, 4) is 17.1 Å². The zero-order valence-electron chi connectivity index (χ0n) is 16.8. The first-order valence-electron chi connectivity index (χ1n) is 9.53. The van der Waals surface area contributed by atoms with E-state index in [-0.39, 0.29) is 0 Å². The van der Waals surface area contributed by atoms with Crippen molar-refractivity contribution in [1.29, 1.82) is 0 Å². The number of thioether (sulfide) groups is 1. The Balaban J connectivity index is 1.39. The Hall–Kier alpha value is -3.33. The molecule has 2 aromatic heterocycles. The SMILES string of the molecule is CCc1ccc(-c2noc(CSc3nnc(Cc4ccc(OC)cc4)n3N)n2)cc1. The van der Waals surface area contributed by atoms with Gasteiger partial charge in [-0.3, -0.25) is 0 Å². The minimum absolute atomic E-state index is 0.456. The van der Waals surface area contributed by atoms with Crippen molar-refractivity contribution in [2.45, 2.75) is 30.7 Å². The van der Waals surface area contributed by atoms with Gasteiger partial charge in [-0.1, -0.05) is 60.2 Å². The molecule has 0 aliphatic rings. The predicted molar refractivity (Wildman–Crippen MR) is 115 cm³/mol. The first kappa shape index (κ1) is 20.0. The fourth-order valence-electron chi connectivity index (χ4n) is 2.90. The van der Waals surface area contributed by atoms with Gasteiger partial charge in [0.15, 0.2) is 5.82 Å². The Morgan fingerprint density at radius 1 is 1.03 bits per heavy atom. The van der Waals surface area contributed by atoms with E-state index < -0.39 is 0 Å². The van der Waals surface area contributed by atoms with Crippen LogP contribution in [0.5, 0.6) is 5.75 Å². The maximum Gasteiger partial charge on any atom is 0.237 e. The Kier molecular flexibility index (Phi) is 5.99. The van der Waals surface area contributed by atoms with Crippen LogP contribution >= 0.6 is 11.8 Å². The lowest BCUT2D eigenvalue weighted by atomic mass is 10.1. The molecule has 0 bridgehead atoms. The predicted octanol–water partition coefficient (Wildman–Crippen LogP) is 3.50. The molecule has 0 unspecified atom stereocenters. The van der Waals surface area contributed by atoms with Crippen molar-refractivity contribution in [2.75, 3.05) is 13.0 Å². The van der Waals surface area contributed by atoms with Gasteiger partial charge < -0.3 is 15.1 Å². The summed E-state index contributed by atoms with van der Waals surface area (Å²) >= 11 is 1.40. The molecule has 0 atom stereocenters. The minimum atomic E-state index is 0.456. The molecule has 9 heteroatoms. The average Bonchev–Trinajstić information content (AvgIpc) is 3.40. The molecule has 0 saturated heterocycles. The van der Waals surface area contributed by atoms with Gasteiger partial charge in [-0.2, -0.15) is 4.98 Å². The van der Waals surface area contributed by atoms with Crippen molar-refractivity contribution >= 4 is 11.8 Å². The highest BCUT2D eigenvalue weighted by molar-refractivity contribution is 7.98. The Bertz CT molecular complexity index is 1110. The Morgan fingerprint density at radius 3 is 2.47 bits per heavy atom. The van der Waals surface area contributed by atoms with Gasteiger partial charge in [0.2, 0.25) is 16.9 Å². The summed E-state index contributed by atoms with van der Waals surface area (Å²) in [6.45, 7) is 2.12. The van der Waals surface area contributed by atoms with E-state index in [1.165, 1.54) is 22.0 Å². The molecule has 2 N–H and O–H groups in total. The molecule has 0 spiro atoms. The van der Waals surface area contributed by atoms with Crippen LogP contribution < -0.4 is 10.6 Å². The Labute approximate surface area is 178 Å². The number of hydrogen-bond donors (Lipinski definition) is 1. The van der Waals surface area contributed by atoms with Crippen LogP contribution in [0.15, 0.2) is 58.2 Å². The van der Waals surface area contributed by atoms with Crippen molar-refractivity contribution in [2.24, 2.45) is 0 Å². The molecule has 0 saturated carbocycles. The first-order valence-corrected chi connectivity index (χ1v) is 10.5. The summed E-state index contributed by atoms with van der Waals surface area (Å²) in [5, 5.41) is 13.0. The maximum atomic E-state index is 6.17. The number of nitrogens with two attached hydrogens (primary N) is 1. The zero-order chi connectivity index (χ0) is 20.9. The van der Waals surface area contributed by atoms with E-state index in [1.54, 1.807) is 7.11 Å². The smallest absolute Gasteiger partial charge is 0.237 e. The second-order valence-electron chi connectivity index (χ2n) is 6.64. The van der Waals surface area contributed by atoms with Gasteiger partial charge in [-0.05, 0) is 29.7 Å². The van der Waals surface area contributed by atoms with E-state index in [0.717, 1.165) is 23.3 Å².